The van der Waals surface area contributed by atoms with Gasteiger partial charge in [-0.25, -0.2) is 0 Å². The molecular weight excluding hydrogens is 380 g/mol. The third kappa shape index (κ3) is 6.93. The Hall–Kier alpha value is -2.13. The van der Waals surface area contributed by atoms with Gasteiger partial charge in [0.2, 0.25) is 0 Å². The first-order valence-corrected chi connectivity index (χ1v) is 12.0. The highest BCUT2D eigenvalue weighted by Gasteiger charge is 2.41. The lowest BCUT2D eigenvalue weighted by Crippen LogP contribution is -2.25. The lowest BCUT2D eigenvalue weighted by Gasteiger charge is -2.19. The molecule has 0 spiro atoms. The van der Waals surface area contributed by atoms with Crippen molar-refractivity contribution in [3.63, 3.8) is 0 Å². The minimum atomic E-state index is 0.393. The van der Waals surface area contributed by atoms with Crippen LogP contribution >= 0.6 is 0 Å². The Bertz CT molecular complexity index is 813. The lowest BCUT2D eigenvalue weighted by atomic mass is 9.85. The van der Waals surface area contributed by atoms with E-state index in [9.17, 15) is 0 Å². The number of hydrogen-bond donors (Lipinski definition) is 0. The van der Waals surface area contributed by atoms with Crippen LogP contribution in [0.5, 0.6) is 0 Å². The average Bonchev–Trinajstić information content (AvgIpc) is 3.11. The summed E-state index contributed by atoms with van der Waals surface area (Å²) in [5, 5.41) is 0. The molecule has 2 aliphatic heterocycles. The van der Waals surface area contributed by atoms with Gasteiger partial charge in [0.1, 0.15) is 11.5 Å². The van der Waals surface area contributed by atoms with Crippen molar-refractivity contribution in [1.82, 2.24) is 4.90 Å². The summed E-state index contributed by atoms with van der Waals surface area (Å²) in [6.45, 7) is 18.9. The van der Waals surface area contributed by atoms with Crippen molar-refractivity contribution >= 4 is 5.71 Å². The van der Waals surface area contributed by atoms with Crippen LogP contribution < -0.4 is 0 Å². The number of nitrogens with zero attached hydrogens (tertiary/aromatic N) is 2. The highest BCUT2D eigenvalue weighted by Crippen LogP contribution is 2.39. The first kappa shape index (κ1) is 25.1. The Morgan fingerprint density at radius 3 is 2.29 bits per heavy atom. The summed E-state index contributed by atoms with van der Waals surface area (Å²) in [5.74, 6) is 2.81. The molecule has 2 heterocycles. The smallest absolute Gasteiger partial charge is 0.144 e. The molecule has 0 aromatic heterocycles. The number of likely N-dealkylation sites (tertiary alicyclic amines) is 1. The van der Waals surface area contributed by atoms with E-state index in [1.807, 2.05) is 0 Å². The number of benzene rings is 1. The molecule has 1 saturated heterocycles. The molecule has 0 radical (unpaired) electrons. The van der Waals surface area contributed by atoms with Gasteiger partial charge in [0.15, 0.2) is 0 Å². The summed E-state index contributed by atoms with van der Waals surface area (Å²) >= 11 is 0. The molecule has 0 saturated carbocycles. The maximum absolute atomic E-state index is 6.45. The van der Waals surface area contributed by atoms with Crippen molar-refractivity contribution < 1.29 is 4.74 Å². The fourth-order valence-corrected chi connectivity index (χ4v) is 4.29. The van der Waals surface area contributed by atoms with Crippen LogP contribution in [0.4, 0.5) is 0 Å². The second-order valence-electron chi connectivity index (χ2n) is 8.81. The molecule has 1 fully saturated rings. The highest BCUT2D eigenvalue weighted by atomic mass is 16.5. The van der Waals surface area contributed by atoms with E-state index in [2.05, 4.69) is 95.8 Å². The van der Waals surface area contributed by atoms with Crippen molar-refractivity contribution in [3.8, 4) is 0 Å². The SMILES string of the molecule is CC/C=C1/OC(C=C(C)C)=C(C)[C@@H]2CN(Cc3ccccc3)C[C@@H]2C1=NCC.CCC. The Kier molecular flexibility index (Phi) is 10.3. The number of allylic oxidation sites excluding steroid dienone is 4. The summed E-state index contributed by atoms with van der Waals surface area (Å²) in [6.07, 6.45) is 6.58. The van der Waals surface area contributed by atoms with Crippen LogP contribution in [0.1, 0.15) is 66.9 Å². The summed E-state index contributed by atoms with van der Waals surface area (Å²) < 4.78 is 6.45. The van der Waals surface area contributed by atoms with Crippen LogP contribution in [0, 0.1) is 11.8 Å². The van der Waals surface area contributed by atoms with Crippen molar-refractivity contribution in [2.24, 2.45) is 16.8 Å². The van der Waals surface area contributed by atoms with Gasteiger partial charge in [-0.1, -0.05) is 63.1 Å². The molecule has 3 nitrogen and oxygen atoms in total. The zero-order valence-electron chi connectivity index (χ0n) is 20.7. The number of hydrogen-bond acceptors (Lipinski definition) is 3. The molecule has 31 heavy (non-hydrogen) atoms. The van der Waals surface area contributed by atoms with E-state index in [0.717, 1.165) is 49.8 Å². The molecule has 0 amide bonds. The average molecular weight is 423 g/mol. The Morgan fingerprint density at radius 1 is 1.06 bits per heavy atom. The fourth-order valence-electron chi connectivity index (χ4n) is 4.29. The van der Waals surface area contributed by atoms with Gasteiger partial charge < -0.3 is 4.74 Å². The quantitative estimate of drug-likeness (QED) is 0.502. The highest BCUT2D eigenvalue weighted by molar-refractivity contribution is 6.01. The Labute approximate surface area is 190 Å². The van der Waals surface area contributed by atoms with Crippen LogP contribution in [-0.4, -0.2) is 30.2 Å². The van der Waals surface area contributed by atoms with E-state index >= 15 is 0 Å². The molecule has 2 atom stereocenters. The second kappa shape index (κ2) is 12.7. The molecule has 170 valence electrons. The molecule has 3 rings (SSSR count). The van der Waals surface area contributed by atoms with E-state index in [-0.39, 0.29) is 0 Å². The molecule has 0 bridgehead atoms. The maximum atomic E-state index is 6.45. The predicted molar refractivity (Wildman–Crippen MR) is 134 cm³/mol. The predicted octanol–water partition coefficient (Wildman–Crippen LogP) is 7.18. The molecule has 2 aliphatic rings. The molecule has 3 heteroatoms. The van der Waals surface area contributed by atoms with Gasteiger partial charge in [0.25, 0.3) is 0 Å². The Balaban J connectivity index is 0.00000107. The number of rotatable bonds is 5. The molecule has 0 N–H and O–H groups in total. The van der Waals surface area contributed by atoms with Gasteiger partial charge in [-0.3, -0.25) is 9.89 Å². The summed E-state index contributed by atoms with van der Waals surface area (Å²) in [4.78, 5) is 7.50. The number of aliphatic imine (C=N–C) groups is 1. The van der Waals surface area contributed by atoms with E-state index in [0.29, 0.717) is 11.8 Å². The van der Waals surface area contributed by atoms with Gasteiger partial charge in [-0.15, -0.1) is 0 Å². The zero-order valence-corrected chi connectivity index (χ0v) is 20.7. The van der Waals surface area contributed by atoms with Gasteiger partial charge in [0.05, 0.1) is 5.71 Å². The molecule has 1 aromatic carbocycles. The minimum Gasteiger partial charge on any atom is -0.456 e. The van der Waals surface area contributed by atoms with Gasteiger partial charge in [0, 0.05) is 38.0 Å². The lowest BCUT2D eigenvalue weighted by molar-refractivity contribution is 0.308. The largest absolute Gasteiger partial charge is 0.456 e. The van der Waals surface area contributed by atoms with Crippen molar-refractivity contribution in [3.05, 3.63) is 70.7 Å². The van der Waals surface area contributed by atoms with Gasteiger partial charge >= 0.3 is 0 Å². The maximum Gasteiger partial charge on any atom is 0.144 e. The first-order valence-electron chi connectivity index (χ1n) is 12.0. The van der Waals surface area contributed by atoms with E-state index < -0.39 is 0 Å². The third-order valence-electron chi connectivity index (χ3n) is 5.55. The van der Waals surface area contributed by atoms with Crippen molar-refractivity contribution in [1.29, 1.82) is 0 Å². The fraction of sp³-hybridized carbons (Fsp3) is 0.536. The van der Waals surface area contributed by atoms with Gasteiger partial charge in [-0.2, -0.15) is 0 Å². The minimum absolute atomic E-state index is 0.393. The summed E-state index contributed by atoms with van der Waals surface area (Å²) in [7, 11) is 0. The zero-order chi connectivity index (χ0) is 22.8. The summed E-state index contributed by atoms with van der Waals surface area (Å²) in [6, 6.07) is 10.8. The normalized spacial score (nSPS) is 23.7. The Morgan fingerprint density at radius 2 is 1.71 bits per heavy atom. The molecular formula is C28H42N2O. The molecule has 0 aliphatic carbocycles. The van der Waals surface area contributed by atoms with Crippen LogP contribution in [0.3, 0.4) is 0 Å². The van der Waals surface area contributed by atoms with Crippen LogP contribution in [0.2, 0.25) is 0 Å². The van der Waals surface area contributed by atoms with Crippen LogP contribution in [0.15, 0.2) is 70.1 Å². The second-order valence-corrected chi connectivity index (χ2v) is 8.81. The van der Waals surface area contributed by atoms with E-state index in [1.165, 1.54) is 23.1 Å². The van der Waals surface area contributed by atoms with Crippen molar-refractivity contribution in [2.75, 3.05) is 19.6 Å². The standard InChI is InChI=1S/C25H34N2O.C3H8/c1-6-11-23-25(26-7-2)22-17-27(15-20-12-9-8-10-13-20)16-21(22)19(5)24(28-23)14-18(3)4;1-3-2/h8-14,21-22H,6-7,15-17H2,1-5H3;3H2,1-2H3/b23-11+,26-25?;/t21-,22-;/m0./s1. The van der Waals surface area contributed by atoms with E-state index in [4.69, 9.17) is 9.73 Å². The molecule has 0 unspecified atom stereocenters. The number of ether oxygens (including phenoxy) is 1. The monoisotopic (exact) mass is 422 g/mol. The topological polar surface area (TPSA) is 24.8 Å². The van der Waals surface area contributed by atoms with Crippen LogP contribution in [0.25, 0.3) is 0 Å². The third-order valence-corrected chi connectivity index (χ3v) is 5.55. The molecule has 1 aromatic rings. The van der Waals surface area contributed by atoms with E-state index in [1.54, 1.807) is 0 Å². The first-order chi connectivity index (χ1) is 14.9. The number of fused-ring (bicyclic) bond motifs is 1. The summed E-state index contributed by atoms with van der Waals surface area (Å²) in [5.41, 5.74) is 5.14. The van der Waals surface area contributed by atoms with Gasteiger partial charge in [-0.05, 0) is 57.4 Å². The van der Waals surface area contributed by atoms with Crippen molar-refractivity contribution in [2.45, 2.75) is 67.9 Å². The van der Waals surface area contributed by atoms with Crippen LogP contribution in [-0.2, 0) is 11.3 Å².